The highest BCUT2D eigenvalue weighted by Gasteiger charge is 2.19. The van der Waals surface area contributed by atoms with Gasteiger partial charge < -0.3 is 0 Å². The lowest BCUT2D eigenvalue weighted by molar-refractivity contribution is 0.0892. The van der Waals surface area contributed by atoms with Gasteiger partial charge in [-0.1, -0.05) is 54.6 Å². The first-order valence-electron chi connectivity index (χ1n) is 10.00. The Balaban J connectivity index is 1.85. The lowest BCUT2D eigenvalue weighted by Crippen LogP contribution is -2.31. The van der Waals surface area contributed by atoms with E-state index in [0.29, 0.717) is 16.7 Å². The van der Waals surface area contributed by atoms with Gasteiger partial charge >= 0.3 is 0 Å². The third kappa shape index (κ3) is 4.80. The van der Waals surface area contributed by atoms with Crippen LogP contribution in [-0.4, -0.2) is 30.4 Å². The van der Waals surface area contributed by atoms with E-state index in [1.165, 1.54) is 42.6 Å². The highest BCUT2D eigenvalue weighted by atomic mass is 32.2. The van der Waals surface area contributed by atoms with E-state index in [-0.39, 0.29) is 16.9 Å². The molecule has 0 saturated carbocycles. The number of nitrogens with zero attached hydrogens (tertiary/aromatic N) is 2. The summed E-state index contributed by atoms with van der Waals surface area (Å²) in [5.74, 6) is -0.971. The topological polar surface area (TPSA) is 86.1 Å². The van der Waals surface area contributed by atoms with Gasteiger partial charge in [-0.2, -0.15) is 9.78 Å². The van der Waals surface area contributed by atoms with Crippen molar-refractivity contribution >= 4 is 15.7 Å². The van der Waals surface area contributed by atoms with Crippen molar-refractivity contribution in [3.05, 3.63) is 107 Å². The van der Waals surface area contributed by atoms with Crippen LogP contribution in [-0.2, 0) is 16.3 Å². The molecule has 0 spiro atoms. The fourth-order valence-corrected chi connectivity index (χ4v) is 4.10. The molecule has 6 nitrogen and oxygen atoms in total. The number of rotatable bonds is 5. The Morgan fingerprint density at radius 2 is 1.52 bits per heavy atom. The summed E-state index contributed by atoms with van der Waals surface area (Å²) in [5.41, 5.74) is 1.60. The van der Waals surface area contributed by atoms with Crippen molar-refractivity contribution in [2.45, 2.75) is 11.3 Å². The Bertz CT molecular complexity index is 1480. The van der Waals surface area contributed by atoms with E-state index in [1.54, 1.807) is 36.4 Å². The lowest BCUT2D eigenvalue weighted by atomic mass is 9.97. The van der Waals surface area contributed by atoms with Gasteiger partial charge in [0, 0.05) is 11.8 Å². The van der Waals surface area contributed by atoms with Gasteiger partial charge in [0.25, 0.3) is 11.5 Å². The zero-order valence-corrected chi connectivity index (χ0v) is 18.4. The molecule has 166 valence electrons. The summed E-state index contributed by atoms with van der Waals surface area (Å²) in [4.78, 5) is 26.4. The minimum atomic E-state index is -3.39. The average Bonchev–Trinajstić information content (AvgIpc) is 2.80. The second-order valence-corrected chi connectivity index (χ2v) is 9.53. The van der Waals surface area contributed by atoms with Gasteiger partial charge in [0.1, 0.15) is 5.82 Å². The van der Waals surface area contributed by atoms with Gasteiger partial charge in [0.15, 0.2) is 9.84 Å². The Morgan fingerprint density at radius 3 is 2.12 bits per heavy atom. The van der Waals surface area contributed by atoms with Gasteiger partial charge in [0.05, 0.1) is 23.1 Å². The van der Waals surface area contributed by atoms with Crippen molar-refractivity contribution in [1.82, 2.24) is 9.78 Å². The first kappa shape index (κ1) is 22.3. The smallest absolute Gasteiger partial charge is 0.272 e. The average molecular weight is 463 g/mol. The van der Waals surface area contributed by atoms with Gasteiger partial charge in [-0.05, 0) is 41.0 Å². The van der Waals surface area contributed by atoms with Crippen LogP contribution < -0.4 is 5.56 Å². The Labute approximate surface area is 189 Å². The van der Waals surface area contributed by atoms with Crippen molar-refractivity contribution < 1.29 is 17.6 Å². The Morgan fingerprint density at radius 1 is 0.909 bits per heavy atom. The third-order valence-electron chi connectivity index (χ3n) is 5.14. The molecule has 0 unspecified atom stereocenters. The van der Waals surface area contributed by atoms with Gasteiger partial charge in [-0.25, -0.2) is 12.8 Å². The maximum atomic E-state index is 13.5. The lowest BCUT2D eigenvalue weighted by Gasteiger charge is -2.12. The number of sulfone groups is 1. The summed E-state index contributed by atoms with van der Waals surface area (Å²) in [6.07, 6.45) is 2.48. The van der Waals surface area contributed by atoms with E-state index in [0.717, 1.165) is 16.5 Å². The van der Waals surface area contributed by atoms with Crippen LogP contribution in [0.2, 0.25) is 0 Å². The van der Waals surface area contributed by atoms with E-state index < -0.39 is 27.1 Å². The molecule has 4 aromatic rings. The molecule has 0 aliphatic carbocycles. The first-order chi connectivity index (χ1) is 15.7. The molecule has 0 bridgehead atoms. The number of carbonyl (C=O) groups is 1. The maximum absolute atomic E-state index is 13.5. The zero-order valence-electron chi connectivity index (χ0n) is 17.6. The van der Waals surface area contributed by atoms with E-state index in [4.69, 9.17) is 0 Å². The molecular weight excluding hydrogens is 443 g/mol. The quantitative estimate of drug-likeness (QED) is 0.447. The van der Waals surface area contributed by atoms with Crippen molar-refractivity contribution in [3.8, 4) is 22.3 Å². The molecule has 33 heavy (non-hydrogen) atoms. The highest BCUT2D eigenvalue weighted by Crippen LogP contribution is 2.29. The number of carbonyl (C=O) groups excluding carboxylic acids is 1. The van der Waals surface area contributed by atoms with E-state index >= 15 is 0 Å². The first-order valence-corrected chi connectivity index (χ1v) is 11.9. The maximum Gasteiger partial charge on any atom is 0.282 e. The summed E-state index contributed by atoms with van der Waals surface area (Å²) in [5, 5.41) is 4.09. The fraction of sp³-hybridized carbons (Fsp3) is 0.0800. The van der Waals surface area contributed by atoms with Crippen molar-refractivity contribution in [2.75, 3.05) is 6.26 Å². The molecular formula is C25H19FN2O4S. The van der Waals surface area contributed by atoms with E-state index in [1.807, 2.05) is 6.07 Å². The molecule has 0 fully saturated rings. The molecule has 8 heteroatoms. The molecule has 0 atom stereocenters. The zero-order chi connectivity index (χ0) is 23.6. The summed E-state index contributed by atoms with van der Waals surface area (Å²) in [6.45, 7) is 0. The molecule has 3 aromatic carbocycles. The van der Waals surface area contributed by atoms with Crippen LogP contribution in [0.3, 0.4) is 0 Å². The predicted octanol–water partition coefficient (Wildman–Crippen LogP) is 4.00. The largest absolute Gasteiger partial charge is 0.282 e. The minimum absolute atomic E-state index is 0.0149. The molecule has 0 amide bonds. The number of benzene rings is 3. The van der Waals surface area contributed by atoms with Crippen LogP contribution in [0, 0.1) is 5.82 Å². The molecule has 1 heterocycles. The van der Waals surface area contributed by atoms with Gasteiger partial charge in [-0.3, -0.25) is 9.59 Å². The number of aromatic nitrogens is 2. The van der Waals surface area contributed by atoms with Crippen molar-refractivity contribution in [3.63, 3.8) is 0 Å². The van der Waals surface area contributed by atoms with Crippen LogP contribution in [0.15, 0.2) is 94.7 Å². The van der Waals surface area contributed by atoms with Crippen LogP contribution in [0.5, 0.6) is 0 Å². The Hall–Kier alpha value is -3.91. The molecule has 1 aromatic heterocycles. The van der Waals surface area contributed by atoms with Gasteiger partial charge in [-0.15, -0.1) is 0 Å². The number of hydrogen-bond acceptors (Lipinski definition) is 5. The van der Waals surface area contributed by atoms with Crippen LogP contribution >= 0.6 is 0 Å². The molecule has 0 radical (unpaired) electrons. The predicted molar refractivity (Wildman–Crippen MR) is 123 cm³/mol. The van der Waals surface area contributed by atoms with E-state index in [9.17, 15) is 22.4 Å². The SMILES string of the molecule is CS(=O)(=O)c1ccc(-c2cnn(C(=O)Cc3ccccc3)c(=O)c2-c2ccc(F)cc2)cc1. The van der Waals surface area contributed by atoms with Crippen LogP contribution in [0.4, 0.5) is 4.39 Å². The van der Waals surface area contributed by atoms with Crippen LogP contribution in [0.1, 0.15) is 10.4 Å². The number of halogens is 1. The molecule has 0 aliphatic rings. The molecule has 4 rings (SSSR count). The molecule has 0 saturated heterocycles. The standard InChI is InChI=1S/C25H19FN2O4S/c1-33(31,32)21-13-9-18(10-14-21)22-16-27-28(23(29)15-17-5-3-2-4-6-17)25(30)24(22)19-7-11-20(26)12-8-19/h2-14,16H,15H2,1H3. The minimum Gasteiger partial charge on any atom is -0.272 e. The second kappa shape index (κ2) is 8.91. The molecule has 0 N–H and O–H groups in total. The van der Waals surface area contributed by atoms with E-state index in [2.05, 4.69) is 5.10 Å². The summed E-state index contributed by atoms with van der Waals surface area (Å²) >= 11 is 0. The fourth-order valence-electron chi connectivity index (χ4n) is 3.47. The van der Waals surface area contributed by atoms with Crippen molar-refractivity contribution in [1.29, 1.82) is 0 Å². The van der Waals surface area contributed by atoms with Crippen LogP contribution in [0.25, 0.3) is 22.3 Å². The summed E-state index contributed by atoms with van der Waals surface area (Å²) in [7, 11) is -3.39. The molecule has 0 aliphatic heterocycles. The summed E-state index contributed by atoms with van der Waals surface area (Å²) < 4.78 is 37.9. The summed E-state index contributed by atoms with van der Waals surface area (Å²) in [6, 6.07) is 20.3. The normalized spacial score (nSPS) is 11.3. The highest BCUT2D eigenvalue weighted by molar-refractivity contribution is 7.90. The Kier molecular flexibility index (Phi) is 6.02. The monoisotopic (exact) mass is 462 g/mol. The van der Waals surface area contributed by atoms with Crippen molar-refractivity contribution in [2.24, 2.45) is 0 Å². The third-order valence-corrected chi connectivity index (χ3v) is 6.27. The van der Waals surface area contributed by atoms with Gasteiger partial charge in [0.2, 0.25) is 0 Å². The number of hydrogen-bond donors (Lipinski definition) is 0. The second-order valence-electron chi connectivity index (χ2n) is 7.51.